The Labute approximate surface area is 224 Å². The van der Waals surface area contributed by atoms with Gasteiger partial charge in [-0.15, -0.1) is 23.1 Å². The number of pyridine rings is 1. The summed E-state index contributed by atoms with van der Waals surface area (Å²) in [5, 5.41) is 19.8. The Morgan fingerprint density at radius 2 is 2.18 bits per heavy atom. The summed E-state index contributed by atoms with van der Waals surface area (Å²) >= 11 is 2.48. The van der Waals surface area contributed by atoms with Crippen molar-refractivity contribution in [2.45, 2.75) is 18.0 Å². The molecule has 1 saturated heterocycles. The van der Waals surface area contributed by atoms with Crippen LogP contribution in [-0.4, -0.2) is 75.4 Å². The Hall–Kier alpha value is -3.95. The number of carboxylic acids is 1. The highest BCUT2D eigenvalue weighted by molar-refractivity contribution is 8.00. The number of ether oxygens (including phenoxy) is 1. The van der Waals surface area contributed by atoms with Gasteiger partial charge in [0.25, 0.3) is 17.5 Å². The number of β-lactam (4-membered cyclic amide) rings is 1. The smallest absolute Gasteiger partial charge is 0.286 e. The van der Waals surface area contributed by atoms with E-state index in [4.69, 9.17) is 15.3 Å². The number of aliphatic carboxylic acids is 1. The fraction of sp³-hybridized carbons (Fsp3) is 0.304. The number of hydrogen-bond acceptors (Lipinski definition) is 11. The zero-order valence-corrected chi connectivity index (χ0v) is 21.7. The van der Waals surface area contributed by atoms with Crippen LogP contribution in [0.1, 0.15) is 5.69 Å². The predicted octanol–water partition coefficient (Wildman–Crippen LogP) is -1.26. The molecule has 0 spiro atoms. The summed E-state index contributed by atoms with van der Waals surface area (Å²) in [5.74, 6) is -2.37. The molecule has 2 aliphatic rings. The van der Waals surface area contributed by atoms with Crippen molar-refractivity contribution in [1.82, 2.24) is 19.8 Å². The first-order chi connectivity index (χ1) is 18.4. The van der Waals surface area contributed by atoms with E-state index >= 15 is 0 Å². The molecule has 0 saturated carbocycles. The molecule has 1 fully saturated rings. The number of nitrogen functional groups attached to an aromatic ring is 1. The van der Waals surface area contributed by atoms with Gasteiger partial charge in [0.1, 0.15) is 42.7 Å². The molecule has 15 heteroatoms. The number of thioether (sulfide) groups is 1. The van der Waals surface area contributed by atoms with Crippen molar-refractivity contribution in [3.8, 4) is 0 Å². The largest absolute Gasteiger partial charge is 0.543 e. The van der Waals surface area contributed by atoms with Gasteiger partial charge in [-0.25, -0.2) is 14.0 Å². The van der Waals surface area contributed by atoms with Crippen LogP contribution in [0.15, 0.2) is 58.6 Å². The molecular formula is C23H23N7O6S2. The second kappa shape index (κ2) is 10.8. The Balaban J connectivity index is 1.34. The number of methoxy groups -OCH3 is 1. The van der Waals surface area contributed by atoms with Crippen molar-refractivity contribution in [2.24, 2.45) is 5.16 Å². The van der Waals surface area contributed by atoms with E-state index in [0.717, 1.165) is 17.0 Å². The topological polar surface area (TPSA) is 168 Å². The molecule has 2 aliphatic heterocycles. The second-order valence-electron chi connectivity index (χ2n) is 8.33. The minimum atomic E-state index is -1.45. The van der Waals surface area contributed by atoms with Gasteiger partial charge in [0.2, 0.25) is 0 Å². The molecule has 0 bridgehead atoms. The van der Waals surface area contributed by atoms with Crippen LogP contribution in [0.4, 0.5) is 5.13 Å². The first-order valence-electron chi connectivity index (χ1n) is 11.4. The second-order valence-corrected chi connectivity index (χ2v) is 10.3. The first-order valence-corrected chi connectivity index (χ1v) is 13.4. The number of amides is 2. The van der Waals surface area contributed by atoms with Gasteiger partial charge >= 0.3 is 0 Å². The van der Waals surface area contributed by atoms with E-state index in [1.165, 1.54) is 23.8 Å². The van der Waals surface area contributed by atoms with E-state index in [9.17, 15) is 19.5 Å². The van der Waals surface area contributed by atoms with Crippen LogP contribution in [0.5, 0.6) is 0 Å². The van der Waals surface area contributed by atoms with Gasteiger partial charge in [-0.05, 0) is 6.07 Å². The lowest BCUT2D eigenvalue weighted by atomic mass is 10.0. The fourth-order valence-corrected chi connectivity index (χ4v) is 6.10. The number of carbonyl (C=O) groups is 3. The van der Waals surface area contributed by atoms with E-state index in [2.05, 4.69) is 15.5 Å². The summed E-state index contributed by atoms with van der Waals surface area (Å²) in [6.07, 6.45) is 5.59. The number of nitrogens with one attached hydrogen (secondary N) is 1. The Bertz CT molecular complexity index is 1470. The van der Waals surface area contributed by atoms with Crippen LogP contribution >= 0.6 is 23.1 Å². The number of nitrogens with two attached hydrogens (primary N) is 1. The summed E-state index contributed by atoms with van der Waals surface area (Å²) in [7, 11) is 1.50. The molecule has 3 aromatic rings. The quantitative estimate of drug-likeness (QED) is 0.102. The molecule has 0 unspecified atom stereocenters. The third-order valence-corrected chi connectivity index (χ3v) is 7.99. The number of fused-ring (bicyclic) bond motifs is 2. The summed E-state index contributed by atoms with van der Waals surface area (Å²) in [5.41, 5.74) is 6.97. The molecule has 0 radical (unpaired) electrons. The molecule has 0 aliphatic carbocycles. The van der Waals surface area contributed by atoms with Crippen molar-refractivity contribution in [3.63, 3.8) is 0 Å². The molecular weight excluding hydrogens is 534 g/mol. The lowest BCUT2D eigenvalue weighted by molar-refractivity contribution is -0.510. The first kappa shape index (κ1) is 25.7. The summed E-state index contributed by atoms with van der Waals surface area (Å²) in [6.45, 7) is 0.620. The average Bonchev–Trinajstić information content (AvgIpc) is 3.52. The van der Waals surface area contributed by atoms with E-state index in [1.54, 1.807) is 5.38 Å². The number of thiazole rings is 1. The zero-order valence-electron chi connectivity index (χ0n) is 20.1. The normalized spacial score (nSPS) is 19.3. The van der Waals surface area contributed by atoms with E-state index in [-0.39, 0.29) is 42.0 Å². The third kappa shape index (κ3) is 4.82. The van der Waals surface area contributed by atoms with Gasteiger partial charge in [0.05, 0.1) is 24.5 Å². The highest BCUT2D eigenvalue weighted by Crippen LogP contribution is 2.40. The highest BCUT2D eigenvalue weighted by Gasteiger charge is 2.53. The number of hydrogen-bond donors (Lipinski definition) is 2. The van der Waals surface area contributed by atoms with Crippen LogP contribution in [0.3, 0.4) is 0 Å². The predicted molar refractivity (Wildman–Crippen MR) is 136 cm³/mol. The van der Waals surface area contributed by atoms with Gasteiger partial charge in [0, 0.05) is 29.9 Å². The molecule has 0 aromatic carbocycles. The van der Waals surface area contributed by atoms with E-state index < -0.39 is 29.2 Å². The van der Waals surface area contributed by atoms with Gasteiger partial charge in [0.15, 0.2) is 10.8 Å². The number of nitrogens with zero attached hydrogens (tertiary/aromatic N) is 5. The maximum absolute atomic E-state index is 13.1. The maximum Gasteiger partial charge on any atom is 0.286 e. The Morgan fingerprint density at radius 3 is 2.92 bits per heavy atom. The van der Waals surface area contributed by atoms with E-state index in [0.29, 0.717) is 11.3 Å². The van der Waals surface area contributed by atoms with Crippen molar-refractivity contribution >= 4 is 57.4 Å². The Morgan fingerprint density at radius 1 is 1.34 bits per heavy atom. The molecule has 38 heavy (non-hydrogen) atoms. The molecule has 2 atom stereocenters. The summed E-state index contributed by atoms with van der Waals surface area (Å²) < 4.78 is 8.72. The van der Waals surface area contributed by atoms with Gasteiger partial charge in [-0.2, -0.15) is 0 Å². The number of anilines is 1. The third-order valence-electron chi connectivity index (χ3n) is 5.97. The van der Waals surface area contributed by atoms with Crippen LogP contribution in [0.2, 0.25) is 0 Å². The summed E-state index contributed by atoms with van der Waals surface area (Å²) in [6, 6.07) is 4.72. The molecule has 3 aromatic heterocycles. The van der Waals surface area contributed by atoms with Gasteiger partial charge in [-0.1, -0.05) is 11.2 Å². The lowest BCUT2D eigenvalue weighted by Crippen LogP contribution is -2.71. The minimum absolute atomic E-state index is 0.0965. The standard InChI is InChI=1S/C23H23N7O6S2/c1-35-8-9-36-27-16(14-12-38-23(24)25-14)19(31)26-17-20(32)30-18(22(33)34)13(11-37-21(17)30)10-29-7-6-28-5-3-2-4-15(28)29/h2-7,12,17,21H,8-11H2,1H3,(H3-,24,25,26,31,33,34)/b27-16-/t17-,21+/m1/s1. The number of rotatable bonds is 10. The molecule has 5 heterocycles. The number of aromatic nitrogens is 3. The number of carbonyl (C=O) groups excluding carboxylic acids is 3. The minimum Gasteiger partial charge on any atom is -0.543 e. The van der Waals surface area contributed by atoms with Gasteiger partial charge in [-0.3, -0.25) is 14.5 Å². The van der Waals surface area contributed by atoms with Crippen LogP contribution in [0.25, 0.3) is 5.65 Å². The molecule has 198 valence electrons. The molecule has 3 N–H and O–H groups in total. The highest BCUT2D eigenvalue weighted by atomic mass is 32.2. The SMILES string of the molecule is COCCO/N=C(\C(=O)N[C@@H]1C(=O)N2C(C(=O)[O-])=C(Cn3cc[n+]4ccccc34)CS[C@@H]12)c1csc(N)n1. The van der Waals surface area contributed by atoms with E-state index in [1.807, 2.05) is 45.8 Å². The number of imidazole rings is 1. The van der Waals surface area contributed by atoms with Gasteiger partial charge < -0.3 is 30.5 Å². The van der Waals surface area contributed by atoms with Crippen molar-refractivity contribution < 1.29 is 33.5 Å². The molecule has 2 amide bonds. The van der Waals surface area contributed by atoms with Crippen molar-refractivity contribution in [1.29, 1.82) is 0 Å². The Kier molecular flexibility index (Phi) is 7.31. The zero-order chi connectivity index (χ0) is 26.8. The van der Waals surface area contributed by atoms with Crippen molar-refractivity contribution in [3.05, 3.63) is 59.1 Å². The van der Waals surface area contributed by atoms with Crippen molar-refractivity contribution in [2.75, 3.05) is 31.8 Å². The maximum atomic E-state index is 13.1. The molecule has 5 rings (SSSR count). The number of oxime groups is 1. The van der Waals surface area contributed by atoms with Crippen LogP contribution in [0, 0.1) is 0 Å². The fourth-order valence-electron chi connectivity index (χ4n) is 4.22. The van der Waals surface area contributed by atoms with Crippen LogP contribution in [-0.2, 0) is 30.5 Å². The van der Waals surface area contributed by atoms with Crippen LogP contribution < -0.4 is 20.6 Å². The lowest BCUT2D eigenvalue weighted by Gasteiger charge is -2.50. The summed E-state index contributed by atoms with van der Waals surface area (Å²) in [4.78, 5) is 48.8. The molecule has 13 nitrogen and oxygen atoms in total. The average molecular weight is 558 g/mol. The monoisotopic (exact) mass is 557 g/mol. The number of carboxylic acid groups (broad SMARTS) is 1.